The number of amides is 1. The average Bonchev–Trinajstić information content (AvgIpc) is 3.13. The lowest BCUT2D eigenvalue weighted by Gasteiger charge is -2.14. The Bertz CT molecular complexity index is 1360. The van der Waals surface area contributed by atoms with Gasteiger partial charge in [-0.2, -0.15) is 0 Å². The topological polar surface area (TPSA) is 99.0 Å². The fourth-order valence-corrected chi connectivity index (χ4v) is 4.59. The predicted molar refractivity (Wildman–Crippen MR) is 138 cm³/mol. The lowest BCUT2D eigenvalue weighted by molar-refractivity contribution is -0.384. The molecule has 0 bridgehead atoms. The summed E-state index contributed by atoms with van der Waals surface area (Å²) in [5.74, 6) is -0.549. The highest BCUT2D eigenvalue weighted by atomic mass is 32.2. The Morgan fingerprint density at radius 2 is 1.86 bits per heavy atom. The minimum atomic E-state index is -0.758. The van der Waals surface area contributed by atoms with E-state index < -0.39 is 10.9 Å². The first-order valence-corrected chi connectivity index (χ1v) is 11.7. The van der Waals surface area contributed by atoms with Crippen LogP contribution in [0, 0.1) is 10.1 Å². The van der Waals surface area contributed by atoms with Gasteiger partial charge in [-0.15, -0.1) is 0 Å². The number of nitro benzene ring substituents is 1. The number of nitro groups is 1. The second-order valence-corrected chi connectivity index (χ2v) is 8.86. The quantitative estimate of drug-likeness (QED) is 0.102. The van der Waals surface area contributed by atoms with Gasteiger partial charge in [0.05, 0.1) is 27.7 Å². The zero-order chi connectivity index (χ0) is 24.9. The Hall–Kier alpha value is -4.02. The van der Waals surface area contributed by atoms with Gasteiger partial charge < -0.3 is 9.47 Å². The van der Waals surface area contributed by atoms with E-state index in [0.29, 0.717) is 32.8 Å². The van der Waals surface area contributed by atoms with Crippen LogP contribution >= 0.6 is 24.0 Å². The third kappa shape index (κ3) is 5.39. The number of ether oxygens (including phenoxy) is 2. The number of non-ortho nitro benzene ring substituents is 1. The van der Waals surface area contributed by atoms with Gasteiger partial charge in [0.2, 0.25) is 0 Å². The zero-order valence-electron chi connectivity index (χ0n) is 18.4. The Morgan fingerprint density at radius 1 is 1.09 bits per heavy atom. The molecule has 1 amide bonds. The minimum Gasteiger partial charge on any atom is -0.490 e. The van der Waals surface area contributed by atoms with Crippen LogP contribution in [0.15, 0.2) is 77.7 Å². The first-order chi connectivity index (χ1) is 16.9. The molecule has 0 N–H and O–H groups in total. The van der Waals surface area contributed by atoms with E-state index in [-0.39, 0.29) is 22.9 Å². The molecule has 1 aliphatic rings. The Morgan fingerprint density at radius 3 is 2.57 bits per heavy atom. The van der Waals surface area contributed by atoms with Crippen molar-refractivity contribution in [2.24, 2.45) is 0 Å². The molecule has 0 aromatic heterocycles. The van der Waals surface area contributed by atoms with Crippen molar-refractivity contribution < 1.29 is 24.0 Å². The SMILES string of the molecule is CCOc1cc(C=C2SC(=S)N(c3ccccc3)C2=O)ccc1OC(=O)c1cccc([N+](=O)[O-])c1. The van der Waals surface area contributed by atoms with E-state index in [2.05, 4.69) is 0 Å². The molecule has 0 unspecified atom stereocenters. The van der Waals surface area contributed by atoms with Crippen LogP contribution in [-0.2, 0) is 4.79 Å². The summed E-state index contributed by atoms with van der Waals surface area (Å²) >= 11 is 6.60. The summed E-state index contributed by atoms with van der Waals surface area (Å²) in [5.41, 5.74) is 1.16. The van der Waals surface area contributed by atoms with Crippen LogP contribution in [0.1, 0.15) is 22.8 Å². The van der Waals surface area contributed by atoms with Crippen molar-refractivity contribution in [1.29, 1.82) is 0 Å². The van der Waals surface area contributed by atoms with Gasteiger partial charge in [0.1, 0.15) is 0 Å². The fourth-order valence-electron chi connectivity index (χ4n) is 3.29. The highest BCUT2D eigenvalue weighted by molar-refractivity contribution is 8.27. The number of hydrogen-bond donors (Lipinski definition) is 0. The largest absolute Gasteiger partial charge is 0.490 e. The average molecular weight is 507 g/mol. The summed E-state index contributed by atoms with van der Waals surface area (Å²) in [6.07, 6.45) is 1.69. The van der Waals surface area contributed by atoms with Gasteiger partial charge in [0.15, 0.2) is 15.8 Å². The normalized spacial score (nSPS) is 14.3. The van der Waals surface area contributed by atoms with Gasteiger partial charge in [0, 0.05) is 12.1 Å². The highest BCUT2D eigenvalue weighted by Crippen LogP contribution is 2.37. The number of esters is 1. The molecule has 0 spiro atoms. The Labute approximate surface area is 210 Å². The summed E-state index contributed by atoms with van der Waals surface area (Å²) in [6.45, 7) is 2.09. The third-order valence-electron chi connectivity index (χ3n) is 4.87. The molecule has 176 valence electrons. The molecule has 1 fully saturated rings. The van der Waals surface area contributed by atoms with Gasteiger partial charge >= 0.3 is 5.97 Å². The summed E-state index contributed by atoms with van der Waals surface area (Å²) < 4.78 is 11.5. The molecule has 0 radical (unpaired) electrons. The summed E-state index contributed by atoms with van der Waals surface area (Å²) in [4.78, 5) is 37.9. The van der Waals surface area contributed by atoms with E-state index in [4.69, 9.17) is 21.7 Å². The van der Waals surface area contributed by atoms with Gasteiger partial charge in [-0.05, 0) is 48.9 Å². The highest BCUT2D eigenvalue weighted by Gasteiger charge is 2.33. The van der Waals surface area contributed by atoms with Gasteiger partial charge in [-0.1, -0.05) is 54.3 Å². The van der Waals surface area contributed by atoms with Gasteiger partial charge in [0.25, 0.3) is 11.6 Å². The number of carbonyl (C=O) groups is 2. The van der Waals surface area contributed by atoms with Crippen LogP contribution in [0.5, 0.6) is 11.5 Å². The van der Waals surface area contributed by atoms with E-state index in [1.807, 2.05) is 30.3 Å². The van der Waals surface area contributed by atoms with Crippen molar-refractivity contribution in [3.63, 3.8) is 0 Å². The number of thioether (sulfide) groups is 1. The van der Waals surface area contributed by atoms with Crippen molar-refractivity contribution >= 4 is 57.6 Å². The number of carbonyl (C=O) groups excluding carboxylic acids is 2. The molecular formula is C25H18N2O6S2. The number of thiocarbonyl (C=S) groups is 1. The van der Waals surface area contributed by atoms with Crippen molar-refractivity contribution in [2.45, 2.75) is 6.92 Å². The maximum absolute atomic E-state index is 13.0. The number of nitrogens with zero attached hydrogens (tertiary/aromatic N) is 2. The lowest BCUT2D eigenvalue weighted by atomic mass is 10.1. The smallest absolute Gasteiger partial charge is 0.343 e. The maximum Gasteiger partial charge on any atom is 0.343 e. The first kappa shape index (κ1) is 24.1. The number of rotatable bonds is 7. The van der Waals surface area contributed by atoms with Crippen LogP contribution in [0.4, 0.5) is 11.4 Å². The Kier molecular flexibility index (Phi) is 7.23. The van der Waals surface area contributed by atoms with Gasteiger partial charge in [-0.25, -0.2) is 4.79 Å². The van der Waals surface area contributed by atoms with Crippen molar-refractivity contribution in [1.82, 2.24) is 0 Å². The number of hydrogen-bond acceptors (Lipinski definition) is 8. The molecule has 35 heavy (non-hydrogen) atoms. The van der Waals surface area contributed by atoms with Crippen LogP contribution in [-0.4, -0.2) is 27.7 Å². The fraction of sp³-hybridized carbons (Fsp3) is 0.0800. The summed E-state index contributed by atoms with van der Waals surface area (Å²) in [7, 11) is 0. The minimum absolute atomic E-state index is 0.0373. The van der Waals surface area contributed by atoms with Crippen molar-refractivity contribution in [2.75, 3.05) is 11.5 Å². The first-order valence-electron chi connectivity index (χ1n) is 10.4. The molecule has 1 heterocycles. The second kappa shape index (κ2) is 10.5. The van der Waals surface area contributed by atoms with Crippen LogP contribution in [0.2, 0.25) is 0 Å². The standard InChI is InChI=1S/C25H18N2O6S2/c1-2-32-21-13-16(14-22-23(28)26(25(34)35-22)18-8-4-3-5-9-18)11-12-20(21)33-24(29)17-7-6-10-19(15-17)27(30)31/h3-15H,2H2,1H3. The number of para-hydroxylation sites is 1. The molecule has 0 atom stereocenters. The number of anilines is 1. The van der Waals surface area contributed by atoms with Crippen LogP contribution in [0.25, 0.3) is 6.08 Å². The monoisotopic (exact) mass is 506 g/mol. The van der Waals surface area contributed by atoms with Crippen LogP contribution in [0.3, 0.4) is 0 Å². The maximum atomic E-state index is 13.0. The van der Waals surface area contributed by atoms with E-state index in [0.717, 1.165) is 6.07 Å². The second-order valence-electron chi connectivity index (χ2n) is 7.19. The summed E-state index contributed by atoms with van der Waals surface area (Å²) in [5, 5.41) is 11.0. The van der Waals surface area contributed by atoms with E-state index in [9.17, 15) is 19.7 Å². The van der Waals surface area contributed by atoms with Crippen LogP contribution < -0.4 is 14.4 Å². The lowest BCUT2D eigenvalue weighted by Crippen LogP contribution is -2.27. The molecule has 1 aliphatic heterocycles. The molecule has 8 nitrogen and oxygen atoms in total. The van der Waals surface area contributed by atoms with Crippen molar-refractivity contribution in [3.05, 3.63) is 98.9 Å². The van der Waals surface area contributed by atoms with E-state index in [1.165, 1.54) is 34.9 Å². The van der Waals surface area contributed by atoms with E-state index in [1.54, 1.807) is 31.2 Å². The van der Waals surface area contributed by atoms with Gasteiger partial charge in [-0.3, -0.25) is 19.8 Å². The zero-order valence-corrected chi connectivity index (χ0v) is 20.0. The van der Waals surface area contributed by atoms with E-state index >= 15 is 0 Å². The molecule has 1 saturated heterocycles. The molecule has 0 aliphatic carbocycles. The summed E-state index contributed by atoms with van der Waals surface area (Å²) in [6, 6.07) is 19.3. The predicted octanol–water partition coefficient (Wildman–Crippen LogP) is 5.62. The molecule has 4 rings (SSSR count). The third-order valence-corrected chi connectivity index (χ3v) is 6.17. The molecule has 3 aromatic rings. The molecule has 0 saturated carbocycles. The number of benzene rings is 3. The van der Waals surface area contributed by atoms with Crippen molar-refractivity contribution in [3.8, 4) is 11.5 Å². The molecule has 3 aromatic carbocycles. The molecule has 10 heteroatoms. The molecular weight excluding hydrogens is 488 g/mol. The Balaban J connectivity index is 1.58.